The number of alkyl halides is 3. The minimum atomic E-state index is -4.33. The first-order valence-corrected chi connectivity index (χ1v) is 6.30. The maximum Gasteiger partial charge on any atom is 0.416 e. The van der Waals surface area contributed by atoms with Gasteiger partial charge in [-0.25, -0.2) is 0 Å². The van der Waals surface area contributed by atoms with Gasteiger partial charge in [-0.2, -0.15) is 13.2 Å². The average Bonchev–Trinajstić information content (AvgIpc) is 2.45. The van der Waals surface area contributed by atoms with Crippen molar-refractivity contribution in [2.75, 3.05) is 0 Å². The SMILES string of the molecule is CCC=C(c1cccnc1)c1cccc(C(F)(F)F)c1. The Balaban J connectivity index is 2.49. The highest BCUT2D eigenvalue weighted by molar-refractivity contribution is 5.79. The molecule has 0 aliphatic heterocycles. The van der Waals surface area contributed by atoms with E-state index >= 15 is 0 Å². The summed E-state index contributed by atoms with van der Waals surface area (Å²) in [7, 11) is 0. The molecular weight excluding hydrogens is 263 g/mol. The second-order valence-electron chi connectivity index (χ2n) is 4.35. The highest BCUT2D eigenvalue weighted by Gasteiger charge is 2.30. The van der Waals surface area contributed by atoms with Gasteiger partial charge in [0.25, 0.3) is 0 Å². The lowest BCUT2D eigenvalue weighted by Gasteiger charge is -2.11. The van der Waals surface area contributed by atoms with Gasteiger partial charge in [-0.15, -0.1) is 0 Å². The van der Waals surface area contributed by atoms with Crippen molar-refractivity contribution in [1.82, 2.24) is 4.98 Å². The van der Waals surface area contributed by atoms with Crippen LogP contribution in [0.25, 0.3) is 5.57 Å². The molecular formula is C16H14F3N. The third-order valence-electron chi connectivity index (χ3n) is 2.88. The van der Waals surface area contributed by atoms with E-state index < -0.39 is 11.7 Å². The zero-order chi connectivity index (χ0) is 14.6. The van der Waals surface area contributed by atoms with Crippen molar-refractivity contribution in [3.63, 3.8) is 0 Å². The minimum Gasteiger partial charge on any atom is -0.264 e. The Morgan fingerprint density at radius 1 is 1.15 bits per heavy atom. The number of aromatic nitrogens is 1. The number of halogens is 3. The van der Waals surface area contributed by atoms with Crippen molar-refractivity contribution in [2.45, 2.75) is 19.5 Å². The van der Waals surface area contributed by atoms with E-state index in [2.05, 4.69) is 4.98 Å². The fourth-order valence-corrected chi connectivity index (χ4v) is 1.99. The van der Waals surface area contributed by atoms with E-state index in [4.69, 9.17) is 0 Å². The van der Waals surface area contributed by atoms with Crippen LogP contribution in [0.5, 0.6) is 0 Å². The molecule has 4 heteroatoms. The Kier molecular flexibility index (Phi) is 4.23. The van der Waals surface area contributed by atoms with Gasteiger partial charge in [0, 0.05) is 18.0 Å². The lowest BCUT2D eigenvalue weighted by molar-refractivity contribution is -0.137. The van der Waals surface area contributed by atoms with Gasteiger partial charge in [-0.3, -0.25) is 4.98 Å². The third kappa shape index (κ3) is 3.26. The van der Waals surface area contributed by atoms with Crippen LogP contribution in [0.4, 0.5) is 13.2 Å². The Bertz CT molecular complexity index is 601. The molecule has 0 radical (unpaired) electrons. The van der Waals surface area contributed by atoms with Crippen LogP contribution in [0.2, 0.25) is 0 Å². The van der Waals surface area contributed by atoms with E-state index in [1.165, 1.54) is 12.1 Å². The van der Waals surface area contributed by atoms with Gasteiger partial charge in [0.05, 0.1) is 5.56 Å². The van der Waals surface area contributed by atoms with Crippen molar-refractivity contribution in [2.24, 2.45) is 0 Å². The van der Waals surface area contributed by atoms with Gasteiger partial charge >= 0.3 is 6.18 Å². The molecule has 1 nitrogen and oxygen atoms in total. The summed E-state index contributed by atoms with van der Waals surface area (Å²) in [5.74, 6) is 0. The number of nitrogens with zero attached hydrogens (tertiary/aromatic N) is 1. The maximum atomic E-state index is 12.8. The Hall–Kier alpha value is -2.10. The molecule has 0 aliphatic carbocycles. The monoisotopic (exact) mass is 277 g/mol. The lowest BCUT2D eigenvalue weighted by Crippen LogP contribution is -2.05. The van der Waals surface area contributed by atoms with E-state index in [9.17, 15) is 13.2 Å². The van der Waals surface area contributed by atoms with Crippen LogP contribution in [-0.2, 0) is 6.18 Å². The van der Waals surface area contributed by atoms with Crippen molar-refractivity contribution in [3.05, 3.63) is 71.6 Å². The molecule has 104 valence electrons. The molecule has 0 bridgehead atoms. The topological polar surface area (TPSA) is 12.9 Å². The first kappa shape index (κ1) is 14.3. The Labute approximate surface area is 115 Å². The third-order valence-corrected chi connectivity index (χ3v) is 2.88. The predicted octanol–water partition coefficient (Wildman–Crippen LogP) is 4.94. The molecule has 0 aliphatic rings. The number of rotatable bonds is 3. The van der Waals surface area contributed by atoms with Crippen LogP contribution in [0.1, 0.15) is 30.0 Å². The fourth-order valence-electron chi connectivity index (χ4n) is 1.99. The zero-order valence-electron chi connectivity index (χ0n) is 11.0. The van der Waals surface area contributed by atoms with Crippen molar-refractivity contribution in [1.29, 1.82) is 0 Å². The number of hydrogen-bond acceptors (Lipinski definition) is 1. The van der Waals surface area contributed by atoms with Crippen molar-refractivity contribution >= 4 is 5.57 Å². The quantitative estimate of drug-likeness (QED) is 0.774. The molecule has 0 spiro atoms. The summed E-state index contributed by atoms with van der Waals surface area (Å²) in [5, 5.41) is 0. The molecule has 2 rings (SSSR count). The molecule has 0 saturated carbocycles. The maximum absolute atomic E-state index is 12.8. The highest BCUT2D eigenvalue weighted by Crippen LogP contribution is 2.32. The molecule has 20 heavy (non-hydrogen) atoms. The van der Waals surface area contributed by atoms with Gasteiger partial charge in [0.2, 0.25) is 0 Å². The summed E-state index contributed by atoms with van der Waals surface area (Å²) < 4.78 is 38.4. The van der Waals surface area contributed by atoms with E-state index in [0.717, 1.165) is 23.6 Å². The summed E-state index contributed by atoms with van der Waals surface area (Å²) in [4.78, 5) is 4.02. The van der Waals surface area contributed by atoms with Crippen molar-refractivity contribution < 1.29 is 13.2 Å². The predicted molar refractivity (Wildman–Crippen MR) is 73.1 cm³/mol. The van der Waals surface area contributed by atoms with Crippen LogP contribution in [0, 0.1) is 0 Å². The van der Waals surface area contributed by atoms with Crippen LogP contribution in [0.3, 0.4) is 0 Å². The fraction of sp³-hybridized carbons (Fsp3) is 0.188. The minimum absolute atomic E-state index is 0.551. The first-order valence-electron chi connectivity index (χ1n) is 6.30. The first-order chi connectivity index (χ1) is 9.52. The second kappa shape index (κ2) is 5.90. The number of pyridine rings is 1. The highest BCUT2D eigenvalue weighted by atomic mass is 19.4. The molecule has 0 amide bonds. The number of allylic oxidation sites excluding steroid dienone is 1. The van der Waals surface area contributed by atoms with E-state index in [0.29, 0.717) is 5.56 Å². The van der Waals surface area contributed by atoms with Crippen LogP contribution >= 0.6 is 0 Å². The molecule has 2 aromatic rings. The average molecular weight is 277 g/mol. The summed E-state index contributed by atoms with van der Waals surface area (Å²) in [6.45, 7) is 1.95. The summed E-state index contributed by atoms with van der Waals surface area (Å²) >= 11 is 0. The lowest BCUT2D eigenvalue weighted by atomic mass is 9.96. The van der Waals surface area contributed by atoms with Crippen LogP contribution in [0.15, 0.2) is 54.9 Å². The Morgan fingerprint density at radius 3 is 2.50 bits per heavy atom. The van der Waals surface area contributed by atoms with Gasteiger partial charge in [-0.05, 0) is 35.8 Å². The van der Waals surface area contributed by atoms with E-state index in [1.54, 1.807) is 24.5 Å². The normalized spacial score (nSPS) is 12.5. The van der Waals surface area contributed by atoms with Gasteiger partial charge in [0.1, 0.15) is 0 Å². The smallest absolute Gasteiger partial charge is 0.264 e. The summed E-state index contributed by atoms with van der Waals surface area (Å²) in [5.41, 5.74) is 1.50. The van der Waals surface area contributed by atoms with Crippen LogP contribution < -0.4 is 0 Å². The summed E-state index contributed by atoms with van der Waals surface area (Å²) in [6, 6.07) is 8.98. The molecule has 0 fully saturated rings. The van der Waals surface area contributed by atoms with Gasteiger partial charge in [-0.1, -0.05) is 31.2 Å². The number of benzene rings is 1. The van der Waals surface area contributed by atoms with Gasteiger partial charge < -0.3 is 0 Å². The molecule has 0 saturated heterocycles. The second-order valence-corrected chi connectivity index (χ2v) is 4.35. The standard InChI is InChI=1S/C16H14F3N/c1-2-5-15(13-7-4-9-20-11-13)12-6-3-8-14(10-12)16(17,18)19/h3-11H,2H2,1H3. The van der Waals surface area contributed by atoms with E-state index in [1.807, 2.05) is 19.1 Å². The molecule has 1 aromatic carbocycles. The molecule has 0 atom stereocenters. The molecule has 1 aromatic heterocycles. The summed E-state index contributed by atoms with van der Waals surface area (Å²) in [6.07, 6.45) is 1.61. The molecule has 0 unspecified atom stereocenters. The zero-order valence-corrected chi connectivity index (χ0v) is 11.0. The molecule has 1 heterocycles. The van der Waals surface area contributed by atoms with Crippen molar-refractivity contribution in [3.8, 4) is 0 Å². The van der Waals surface area contributed by atoms with Gasteiger partial charge in [0.15, 0.2) is 0 Å². The van der Waals surface area contributed by atoms with E-state index in [-0.39, 0.29) is 0 Å². The van der Waals surface area contributed by atoms with Crippen LogP contribution in [-0.4, -0.2) is 4.98 Å². The number of hydrogen-bond donors (Lipinski definition) is 0. The Morgan fingerprint density at radius 2 is 1.90 bits per heavy atom. The largest absolute Gasteiger partial charge is 0.416 e. The molecule has 0 N–H and O–H groups in total.